The molecule has 2 fully saturated rings. The lowest BCUT2D eigenvalue weighted by Gasteiger charge is -2.13. The first kappa shape index (κ1) is 21.1. The van der Waals surface area contributed by atoms with Gasteiger partial charge in [0.15, 0.2) is 5.82 Å². The quantitative estimate of drug-likeness (QED) is 0.517. The average Bonchev–Trinajstić information content (AvgIpc) is 3.73. The molecule has 2 aliphatic rings. The first-order valence-corrected chi connectivity index (χ1v) is 10.7. The van der Waals surface area contributed by atoms with Gasteiger partial charge in [0.05, 0.1) is 11.5 Å². The summed E-state index contributed by atoms with van der Waals surface area (Å²) in [5, 5.41) is 15.8. The van der Waals surface area contributed by atoms with Crippen molar-refractivity contribution in [2.75, 3.05) is 17.2 Å². The van der Waals surface area contributed by atoms with Crippen LogP contribution in [-0.2, 0) is 11.6 Å². The van der Waals surface area contributed by atoms with Gasteiger partial charge >= 0.3 is 6.18 Å². The fourth-order valence-corrected chi connectivity index (χ4v) is 3.52. The third-order valence-corrected chi connectivity index (χ3v) is 5.80. The predicted octanol–water partition coefficient (Wildman–Crippen LogP) is 5.07. The number of hydrogen-bond donors (Lipinski definition) is 2. The third-order valence-electron chi connectivity index (χ3n) is 5.80. The Morgan fingerprint density at radius 2 is 1.82 bits per heavy atom. The summed E-state index contributed by atoms with van der Waals surface area (Å²) in [6.45, 7) is 0.727. The fraction of sp³-hybridized carbons (Fsp3) is 0.348. The van der Waals surface area contributed by atoms with E-state index in [-0.39, 0.29) is 11.5 Å². The molecule has 2 aliphatic carbocycles. The van der Waals surface area contributed by atoms with E-state index >= 15 is 0 Å². The van der Waals surface area contributed by atoms with Crippen LogP contribution in [0.15, 0.2) is 42.6 Å². The summed E-state index contributed by atoms with van der Waals surface area (Å²) < 4.78 is 39.5. The molecule has 0 aliphatic heterocycles. The number of nitrogens with one attached hydrogen (secondary N) is 2. The summed E-state index contributed by atoms with van der Waals surface area (Å²) >= 11 is 0. The van der Waals surface area contributed by atoms with Crippen LogP contribution < -0.4 is 10.6 Å². The van der Waals surface area contributed by atoms with Crippen LogP contribution in [0, 0.1) is 17.2 Å². The maximum absolute atomic E-state index is 13.2. The topological polar surface area (TPSA) is 99.4 Å². The van der Waals surface area contributed by atoms with E-state index in [9.17, 15) is 18.4 Å². The largest absolute Gasteiger partial charge is 0.433 e. The molecule has 0 bridgehead atoms. The average molecular weight is 451 g/mol. The highest BCUT2D eigenvalue weighted by Crippen LogP contribution is 2.47. The van der Waals surface area contributed by atoms with Crippen molar-refractivity contribution in [1.29, 1.82) is 5.26 Å². The van der Waals surface area contributed by atoms with Crippen LogP contribution in [0.1, 0.15) is 36.9 Å². The van der Waals surface area contributed by atoms with E-state index in [1.54, 1.807) is 18.3 Å². The fourth-order valence-electron chi connectivity index (χ4n) is 3.52. The summed E-state index contributed by atoms with van der Waals surface area (Å²) in [5.41, 5.74) is -0.570. The second-order valence-corrected chi connectivity index (χ2v) is 8.44. The summed E-state index contributed by atoms with van der Waals surface area (Å²) in [6, 6.07) is 11.3. The Bertz CT molecular complexity index is 1230. The standard InChI is InChI=1S/C23H20F3N7/c24-23(25,26)17-3-1-2-16(30-17)21-32-19(29-12-14-4-5-14)11-20(33-21)31-18-10-15(6-9-28-18)22(13-27)7-8-22/h1-3,6,9-11,14H,4-5,7-8,12H2,(H2,28,29,31,32,33). The van der Waals surface area contributed by atoms with Gasteiger partial charge in [0.2, 0.25) is 0 Å². The molecule has 0 unspecified atom stereocenters. The number of pyridine rings is 2. The van der Waals surface area contributed by atoms with Crippen molar-refractivity contribution in [2.24, 2.45) is 5.92 Å². The zero-order valence-electron chi connectivity index (χ0n) is 17.5. The van der Waals surface area contributed by atoms with Crippen LogP contribution in [0.25, 0.3) is 11.5 Å². The number of hydrogen-bond acceptors (Lipinski definition) is 7. The van der Waals surface area contributed by atoms with E-state index in [0.717, 1.165) is 43.9 Å². The van der Waals surface area contributed by atoms with Gasteiger partial charge in [0.1, 0.15) is 28.8 Å². The van der Waals surface area contributed by atoms with Gasteiger partial charge in [-0.05, 0) is 61.4 Å². The number of nitriles is 1. The van der Waals surface area contributed by atoms with Crippen LogP contribution in [0.3, 0.4) is 0 Å². The number of anilines is 3. The maximum Gasteiger partial charge on any atom is 0.433 e. The minimum atomic E-state index is -4.57. The first-order chi connectivity index (χ1) is 15.8. The lowest BCUT2D eigenvalue weighted by Crippen LogP contribution is -2.10. The molecular weight excluding hydrogens is 431 g/mol. The number of alkyl halides is 3. The van der Waals surface area contributed by atoms with Crippen LogP contribution in [0.5, 0.6) is 0 Å². The molecule has 0 atom stereocenters. The summed E-state index contributed by atoms with van der Waals surface area (Å²) in [6.07, 6.45) is 0.952. The van der Waals surface area contributed by atoms with Gasteiger partial charge in [0.25, 0.3) is 0 Å². The van der Waals surface area contributed by atoms with Crippen molar-refractivity contribution in [3.05, 3.63) is 53.9 Å². The Kier molecular flexibility index (Phi) is 5.12. The van der Waals surface area contributed by atoms with E-state index in [2.05, 4.69) is 36.6 Å². The Labute approximate surface area is 188 Å². The predicted molar refractivity (Wildman–Crippen MR) is 116 cm³/mol. The van der Waals surface area contributed by atoms with Gasteiger partial charge in [-0.25, -0.2) is 19.9 Å². The molecule has 3 heterocycles. The highest BCUT2D eigenvalue weighted by Gasteiger charge is 2.45. The summed E-state index contributed by atoms with van der Waals surface area (Å²) in [7, 11) is 0. The smallest absolute Gasteiger partial charge is 0.370 e. The summed E-state index contributed by atoms with van der Waals surface area (Å²) in [4.78, 5) is 16.8. The van der Waals surface area contributed by atoms with Crippen molar-refractivity contribution < 1.29 is 13.2 Å². The monoisotopic (exact) mass is 451 g/mol. The number of nitrogens with zero attached hydrogens (tertiary/aromatic N) is 5. The molecule has 0 radical (unpaired) electrons. The minimum absolute atomic E-state index is 0.0195. The molecule has 33 heavy (non-hydrogen) atoms. The van der Waals surface area contributed by atoms with E-state index in [4.69, 9.17) is 0 Å². The number of rotatable bonds is 7. The van der Waals surface area contributed by atoms with E-state index in [1.807, 2.05) is 6.07 Å². The van der Waals surface area contributed by atoms with Crippen molar-refractivity contribution >= 4 is 17.5 Å². The molecule has 0 saturated heterocycles. The van der Waals surface area contributed by atoms with E-state index in [0.29, 0.717) is 23.4 Å². The van der Waals surface area contributed by atoms with Crippen molar-refractivity contribution in [3.63, 3.8) is 0 Å². The molecule has 168 valence electrons. The summed E-state index contributed by atoms with van der Waals surface area (Å²) in [5.74, 6) is 1.98. The number of aromatic nitrogens is 4. The molecule has 3 aromatic heterocycles. The van der Waals surface area contributed by atoms with Crippen molar-refractivity contribution in [2.45, 2.75) is 37.3 Å². The second kappa shape index (κ2) is 7.99. The lowest BCUT2D eigenvalue weighted by atomic mass is 9.99. The van der Waals surface area contributed by atoms with Crippen molar-refractivity contribution in [1.82, 2.24) is 19.9 Å². The van der Waals surface area contributed by atoms with Gasteiger partial charge in [-0.1, -0.05) is 6.07 Å². The SMILES string of the molecule is N#CC1(c2ccnc(Nc3cc(NCC4CC4)nc(-c4cccc(C(F)(F)F)n4)n3)c2)CC1. The Hall–Kier alpha value is -3.74. The molecule has 2 saturated carbocycles. The lowest BCUT2D eigenvalue weighted by molar-refractivity contribution is -0.141. The Morgan fingerprint density at radius 3 is 2.52 bits per heavy atom. The van der Waals surface area contributed by atoms with Gasteiger partial charge in [-0.3, -0.25) is 0 Å². The van der Waals surface area contributed by atoms with Crippen LogP contribution in [0.2, 0.25) is 0 Å². The van der Waals surface area contributed by atoms with Gasteiger partial charge in [-0.2, -0.15) is 18.4 Å². The van der Waals surface area contributed by atoms with Crippen LogP contribution in [-0.4, -0.2) is 26.5 Å². The third kappa shape index (κ3) is 4.72. The molecule has 10 heteroatoms. The van der Waals surface area contributed by atoms with Crippen molar-refractivity contribution in [3.8, 4) is 17.6 Å². The second-order valence-electron chi connectivity index (χ2n) is 8.44. The molecular formula is C23H20F3N7. The molecule has 3 aromatic rings. The molecule has 2 N–H and O–H groups in total. The normalized spacial score (nSPS) is 16.7. The van der Waals surface area contributed by atoms with E-state index < -0.39 is 17.3 Å². The molecule has 0 aromatic carbocycles. The minimum Gasteiger partial charge on any atom is -0.370 e. The zero-order valence-corrected chi connectivity index (χ0v) is 17.5. The van der Waals surface area contributed by atoms with Crippen LogP contribution in [0.4, 0.5) is 30.6 Å². The van der Waals surface area contributed by atoms with Crippen LogP contribution >= 0.6 is 0 Å². The molecule has 7 nitrogen and oxygen atoms in total. The van der Waals surface area contributed by atoms with Gasteiger partial charge in [-0.15, -0.1) is 0 Å². The molecule has 0 amide bonds. The highest BCUT2D eigenvalue weighted by atomic mass is 19.4. The Balaban J connectivity index is 1.48. The van der Waals surface area contributed by atoms with Gasteiger partial charge in [0, 0.05) is 18.8 Å². The molecule has 0 spiro atoms. The van der Waals surface area contributed by atoms with E-state index in [1.165, 1.54) is 12.1 Å². The Morgan fingerprint density at radius 1 is 1.03 bits per heavy atom. The zero-order chi connectivity index (χ0) is 23.1. The first-order valence-electron chi connectivity index (χ1n) is 10.7. The highest BCUT2D eigenvalue weighted by molar-refractivity contribution is 5.63. The van der Waals surface area contributed by atoms with Gasteiger partial charge < -0.3 is 10.6 Å². The maximum atomic E-state index is 13.2. The molecule has 5 rings (SSSR count). The number of halogens is 3.